The third-order valence-electron chi connectivity index (χ3n) is 3.10. The molecule has 1 aromatic carbocycles. The maximum absolute atomic E-state index is 11.9. The normalized spacial score (nSPS) is 19.4. The number of anilines is 1. The van der Waals surface area contributed by atoms with Crippen molar-refractivity contribution >= 4 is 15.7 Å². The molecule has 5 heteroatoms. The van der Waals surface area contributed by atoms with E-state index in [9.17, 15) is 8.42 Å². The van der Waals surface area contributed by atoms with Crippen molar-refractivity contribution in [2.24, 2.45) is 0 Å². The molecular weight excluding hydrogens is 236 g/mol. The van der Waals surface area contributed by atoms with Gasteiger partial charge in [0.1, 0.15) is 0 Å². The highest BCUT2D eigenvalue weighted by Gasteiger charge is 2.34. The van der Waals surface area contributed by atoms with Crippen LogP contribution in [0.15, 0.2) is 24.3 Å². The summed E-state index contributed by atoms with van der Waals surface area (Å²) in [5, 5.41) is 3.07. The fraction of sp³-hybridized carbons (Fsp3) is 0.500. The molecule has 1 atom stereocenters. The van der Waals surface area contributed by atoms with E-state index in [1.807, 2.05) is 31.3 Å². The van der Waals surface area contributed by atoms with Gasteiger partial charge in [0.2, 0.25) is 10.0 Å². The minimum atomic E-state index is -3.19. The number of hydrogen-bond donors (Lipinski definition) is 1. The van der Waals surface area contributed by atoms with E-state index >= 15 is 0 Å². The fourth-order valence-electron chi connectivity index (χ4n) is 2.41. The monoisotopic (exact) mass is 254 g/mol. The standard InChI is InChI=1S/C12H18N2O2S/c1-13-8-7-11-9-10-5-3-4-6-12(10)14(11)17(2,15)16/h3-6,11,13H,7-9H2,1-2H3. The van der Waals surface area contributed by atoms with Crippen molar-refractivity contribution in [1.29, 1.82) is 0 Å². The van der Waals surface area contributed by atoms with Crippen molar-refractivity contribution in [2.45, 2.75) is 18.9 Å². The van der Waals surface area contributed by atoms with E-state index in [1.165, 1.54) is 6.26 Å². The van der Waals surface area contributed by atoms with Crippen LogP contribution in [0.5, 0.6) is 0 Å². The topological polar surface area (TPSA) is 49.4 Å². The fourth-order valence-corrected chi connectivity index (χ4v) is 3.67. The Hall–Kier alpha value is -1.07. The van der Waals surface area contributed by atoms with E-state index in [2.05, 4.69) is 5.32 Å². The second-order valence-corrected chi connectivity index (χ2v) is 6.30. The Balaban J connectivity index is 2.34. The lowest BCUT2D eigenvalue weighted by Gasteiger charge is -2.25. The molecule has 1 heterocycles. The number of nitrogens with zero attached hydrogens (tertiary/aromatic N) is 1. The van der Waals surface area contributed by atoms with Crippen molar-refractivity contribution in [3.63, 3.8) is 0 Å². The van der Waals surface area contributed by atoms with Crippen LogP contribution in [0.3, 0.4) is 0 Å². The number of rotatable bonds is 4. The molecule has 0 aromatic heterocycles. The minimum Gasteiger partial charge on any atom is -0.320 e. The number of sulfonamides is 1. The molecule has 0 bridgehead atoms. The van der Waals surface area contributed by atoms with Crippen molar-refractivity contribution in [2.75, 3.05) is 24.2 Å². The van der Waals surface area contributed by atoms with Crippen LogP contribution < -0.4 is 9.62 Å². The third-order valence-corrected chi connectivity index (χ3v) is 4.31. The zero-order valence-electron chi connectivity index (χ0n) is 10.2. The first kappa shape index (κ1) is 12.4. The Morgan fingerprint density at radius 3 is 2.76 bits per heavy atom. The van der Waals surface area contributed by atoms with Gasteiger partial charge in [-0.25, -0.2) is 8.42 Å². The van der Waals surface area contributed by atoms with E-state index in [-0.39, 0.29) is 6.04 Å². The summed E-state index contributed by atoms with van der Waals surface area (Å²) in [5.41, 5.74) is 1.97. The first-order chi connectivity index (χ1) is 8.04. The molecular formula is C12H18N2O2S. The van der Waals surface area contributed by atoms with Crippen LogP contribution >= 0.6 is 0 Å². The molecule has 0 fully saturated rings. The maximum atomic E-state index is 11.9. The van der Waals surface area contributed by atoms with Crippen LogP contribution in [0.25, 0.3) is 0 Å². The van der Waals surface area contributed by atoms with Crippen LogP contribution in [-0.4, -0.2) is 34.3 Å². The van der Waals surface area contributed by atoms with Gasteiger partial charge in [0.25, 0.3) is 0 Å². The molecule has 0 aliphatic carbocycles. The Kier molecular flexibility index (Phi) is 3.40. The summed E-state index contributed by atoms with van der Waals surface area (Å²) in [7, 11) is -1.31. The highest BCUT2D eigenvalue weighted by Crippen LogP contribution is 2.34. The number of hydrogen-bond acceptors (Lipinski definition) is 3. The number of para-hydroxylation sites is 1. The summed E-state index contributed by atoms with van der Waals surface area (Å²) in [6, 6.07) is 7.79. The van der Waals surface area contributed by atoms with Gasteiger partial charge in [0, 0.05) is 0 Å². The van der Waals surface area contributed by atoms with Gasteiger partial charge in [-0.15, -0.1) is 0 Å². The molecule has 94 valence electrons. The molecule has 1 aromatic rings. The van der Waals surface area contributed by atoms with Gasteiger partial charge in [-0.05, 0) is 38.1 Å². The molecule has 1 aliphatic rings. The maximum Gasteiger partial charge on any atom is 0.232 e. The SMILES string of the molecule is CNCCC1Cc2ccccc2N1S(C)(=O)=O. The van der Waals surface area contributed by atoms with Gasteiger partial charge in [-0.2, -0.15) is 0 Å². The zero-order valence-corrected chi connectivity index (χ0v) is 11.0. The summed E-state index contributed by atoms with van der Waals surface area (Å²) in [5.74, 6) is 0. The molecule has 0 radical (unpaired) electrons. The Morgan fingerprint density at radius 2 is 2.12 bits per heavy atom. The van der Waals surface area contributed by atoms with E-state index in [4.69, 9.17) is 0 Å². The molecule has 0 saturated carbocycles. The summed E-state index contributed by atoms with van der Waals surface area (Å²) in [6.45, 7) is 0.824. The average Bonchev–Trinajstić information content (AvgIpc) is 2.63. The van der Waals surface area contributed by atoms with Gasteiger partial charge in [-0.1, -0.05) is 18.2 Å². The molecule has 17 heavy (non-hydrogen) atoms. The van der Waals surface area contributed by atoms with Gasteiger partial charge in [-0.3, -0.25) is 4.31 Å². The van der Waals surface area contributed by atoms with E-state index in [0.717, 1.165) is 30.6 Å². The predicted octanol–water partition coefficient (Wildman–Crippen LogP) is 0.987. The molecule has 1 unspecified atom stereocenters. The average molecular weight is 254 g/mol. The summed E-state index contributed by atoms with van der Waals surface area (Å²) in [4.78, 5) is 0. The second kappa shape index (κ2) is 4.66. The van der Waals surface area contributed by atoms with Crippen LogP contribution in [0, 0.1) is 0 Å². The molecule has 0 amide bonds. The Bertz CT molecular complexity index is 499. The molecule has 1 N–H and O–H groups in total. The smallest absolute Gasteiger partial charge is 0.232 e. The first-order valence-corrected chi connectivity index (χ1v) is 7.61. The number of fused-ring (bicyclic) bond motifs is 1. The lowest BCUT2D eigenvalue weighted by atomic mass is 10.1. The zero-order chi connectivity index (χ0) is 12.5. The van der Waals surface area contributed by atoms with E-state index in [0.29, 0.717) is 0 Å². The predicted molar refractivity (Wildman–Crippen MR) is 69.8 cm³/mol. The molecule has 2 rings (SSSR count). The van der Waals surface area contributed by atoms with Gasteiger partial charge < -0.3 is 5.32 Å². The van der Waals surface area contributed by atoms with Crippen LogP contribution in [-0.2, 0) is 16.4 Å². The lowest BCUT2D eigenvalue weighted by Crippen LogP contribution is -2.38. The highest BCUT2D eigenvalue weighted by molar-refractivity contribution is 7.92. The minimum absolute atomic E-state index is 0.0508. The van der Waals surface area contributed by atoms with Gasteiger partial charge in [0.15, 0.2) is 0 Å². The largest absolute Gasteiger partial charge is 0.320 e. The summed E-state index contributed by atoms with van der Waals surface area (Å²) < 4.78 is 25.3. The molecule has 1 aliphatic heterocycles. The van der Waals surface area contributed by atoms with E-state index in [1.54, 1.807) is 4.31 Å². The molecule has 0 saturated heterocycles. The lowest BCUT2D eigenvalue weighted by molar-refractivity contribution is 0.566. The Morgan fingerprint density at radius 1 is 1.41 bits per heavy atom. The van der Waals surface area contributed by atoms with Gasteiger partial charge >= 0.3 is 0 Å². The highest BCUT2D eigenvalue weighted by atomic mass is 32.2. The first-order valence-electron chi connectivity index (χ1n) is 5.76. The molecule has 0 spiro atoms. The summed E-state index contributed by atoms with van der Waals surface area (Å²) in [6.07, 6.45) is 2.92. The van der Waals surface area contributed by atoms with E-state index < -0.39 is 10.0 Å². The Labute approximate surface area is 103 Å². The van der Waals surface area contributed by atoms with Crippen molar-refractivity contribution in [3.8, 4) is 0 Å². The van der Waals surface area contributed by atoms with Crippen molar-refractivity contribution in [1.82, 2.24) is 5.32 Å². The van der Waals surface area contributed by atoms with Crippen molar-refractivity contribution < 1.29 is 8.42 Å². The number of nitrogens with one attached hydrogen (secondary N) is 1. The summed E-state index contributed by atoms with van der Waals surface area (Å²) >= 11 is 0. The quantitative estimate of drug-likeness (QED) is 0.871. The van der Waals surface area contributed by atoms with Gasteiger partial charge in [0.05, 0.1) is 18.0 Å². The number of benzene rings is 1. The third kappa shape index (κ3) is 2.45. The molecule has 4 nitrogen and oxygen atoms in total. The van der Waals surface area contributed by atoms with Crippen LogP contribution in [0.4, 0.5) is 5.69 Å². The van der Waals surface area contributed by atoms with Crippen molar-refractivity contribution in [3.05, 3.63) is 29.8 Å². The van der Waals surface area contributed by atoms with Crippen LogP contribution in [0.2, 0.25) is 0 Å². The second-order valence-electron chi connectivity index (χ2n) is 4.44. The van der Waals surface area contributed by atoms with Crippen LogP contribution in [0.1, 0.15) is 12.0 Å².